The Kier molecular flexibility index (Phi) is 4.29. The van der Waals surface area contributed by atoms with Crippen LogP contribution < -0.4 is 15.5 Å². The number of fused-ring (bicyclic) bond motifs is 1. The fourth-order valence-electron chi connectivity index (χ4n) is 2.36. The standard InChI is InChI=1S/C13H20BrN3/c1-16-8-4-10-17(9-3-7-15)13-11(14)5-2-6-12(13)16/h2,5-6H,3-4,7-10,15H2,1H3. The van der Waals surface area contributed by atoms with Crippen LogP contribution in [0.2, 0.25) is 0 Å². The van der Waals surface area contributed by atoms with Crippen molar-refractivity contribution < 1.29 is 0 Å². The molecule has 4 heteroatoms. The topological polar surface area (TPSA) is 32.5 Å². The summed E-state index contributed by atoms with van der Waals surface area (Å²) in [6, 6.07) is 6.42. The molecule has 0 fully saturated rings. The maximum atomic E-state index is 5.62. The summed E-state index contributed by atoms with van der Waals surface area (Å²) in [6.45, 7) is 4.02. The van der Waals surface area contributed by atoms with Gasteiger partial charge in [-0.3, -0.25) is 0 Å². The molecule has 0 aromatic heterocycles. The van der Waals surface area contributed by atoms with Crippen molar-refractivity contribution in [1.29, 1.82) is 0 Å². The van der Waals surface area contributed by atoms with Gasteiger partial charge in [-0.2, -0.15) is 0 Å². The monoisotopic (exact) mass is 297 g/mol. The first kappa shape index (κ1) is 12.7. The summed E-state index contributed by atoms with van der Waals surface area (Å²) in [4.78, 5) is 4.79. The van der Waals surface area contributed by atoms with E-state index in [4.69, 9.17) is 5.73 Å². The highest BCUT2D eigenvalue weighted by Gasteiger charge is 2.19. The number of hydrogen-bond acceptors (Lipinski definition) is 3. The predicted molar refractivity (Wildman–Crippen MR) is 77.9 cm³/mol. The largest absolute Gasteiger partial charge is 0.373 e. The zero-order valence-corrected chi connectivity index (χ0v) is 11.9. The highest BCUT2D eigenvalue weighted by atomic mass is 79.9. The van der Waals surface area contributed by atoms with E-state index in [1.165, 1.54) is 22.3 Å². The molecule has 0 radical (unpaired) electrons. The lowest BCUT2D eigenvalue weighted by atomic mass is 10.2. The van der Waals surface area contributed by atoms with E-state index in [1.54, 1.807) is 0 Å². The third-order valence-electron chi connectivity index (χ3n) is 3.25. The van der Waals surface area contributed by atoms with Crippen molar-refractivity contribution in [3.63, 3.8) is 0 Å². The van der Waals surface area contributed by atoms with Crippen LogP contribution in [-0.4, -0.2) is 33.2 Å². The highest BCUT2D eigenvalue weighted by Crippen LogP contribution is 2.37. The molecule has 1 aliphatic heterocycles. The molecular formula is C13H20BrN3. The van der Waals surface area contributed by atoms with Crippen molar-refractivity contribution in [3.8, 4) is 0 Å². The number of nitrogens with zero attached hydrogens (tertiary/aromatic N) is 2. The molecule has 2 N–H and O–H groups in total. The number of halogens is 1. The lowest BCUT2D eigenvalue weighted by Crippen LogP contribution is -2.27. The van der Waals surface area contributed by atoms with E-state index < -0.39 is 0 Å². The first-order valence-electron chi connectivity index (χ1n) is 6.18. The molecule has 0 atom stereocenters. The molecule has 0 saturated heterocycles. The molecule has 0 spiro atoms. The number of rotatable bonds is 3. The zero-order valence-electron chi connectivity index (χ0n) is 10.3. The van der Waals surface area contributed by atoms with Crippen LogP contribution in [0.4, 0.5) is 11.4 Å². The van der Waals surface area contributed by atoms with Crippen LogP contribution in [-0.2, 0) is 0 Å². The predicted octanol–water partition coefficient (Wildman–Crippen LogP) is 2.44. The Morgan fingerprint density at radius 3 is 2.94 bits per heavy atom. The second-order valence-corrected chi connectivity index (χ2v) is 5.37. The molecule has 3 nitrogen and oxygen atoms in total. The minimum absolute atomic E-state index is 0.756. The van der Waals surface area contributed by atoms with Crippen molar-refractivity contribution in [2.75, 3.05) is 43.0 Å². The molecule has 1 heterocycles. The van der Waals surface area contributed by atoms with Gasteiger partial charge in [-0.1, -0.05) is 6.07 Å². The summed E-state index contributed by atoms with van der Waals surface area (Å²) in [6.07, 6.45) is 2.24. The minimum Gasteiger partial charge on any atom is -0.373 e. The van der Waals surface area contributed by atoms with Crippen LogP contribution in [0.1, 0.15) is 12.8 Å². The third kappa shape index (κ3) is 2.75. The van der Waals surface area contributed by atoms with Gasteiger partial charge < -0.3 is 15.5 Å². The fourth-order valence-corrected chi connectivity index (χ4v) is 2.97. The maximum absolute atomic E-state index is 5.62. The number of anilines is 2. The van der Waals surface area contributed by atoms with Crippen LogP contribution in [0.15, 0.2) is 22.7 Å². The van der Waals surface area contributed by atoms with Crippen molar-refractivity contribution in [2.45, 2.75) is 12.8 Å². The highest BCUT2D eigenvalue weighted by molar-refractivity contribution is 9.10. The minimum atomic E-state index is 0.756. The second-order valence-electron chi connectivity index (χ2n) is 4.51. The third-order valence-corrected chi connectivity index (χ3v) is 3.89. The normalized spacial score (nSPS) is 15.7. The molecule has 17 heavy (non-hydrogen) atoms. The van der Waals surface area contributed by atoms with Crippen LogP contribution in [0, 0.1) is 0 Å². The van der Waals surface area contributed by atoms with Gasteiger partial charge in [-0.25, -0.2) is 0 Å². The van der Waals surface area contributed by atoms with Crippen molar-refractivity contribution in [1.82, 2.24) is 0 Å². The summed E-state index contributed by atoms with van der Waals surface area (Å²) in [5.41, 5.74) is 8.26. The fraction of sp³-hybridized carbons (Fsp3) is 0.538. The second kappa shape index (κ2) is 5.74. The zero-order chi connectivity index (χ0) is 12.3. The summed E-state index contributed by atoms with van der Waals surface area (Å²) in [7, 11) is 2.16. The molecule has 0 unspecified atom stereocenters. The first-order valence-corrected chi connectivity index (χ1v) is 6.98. The average molecular weight is 298 g/mol. The average Bonchev–Trinajstić information content (AvgIpc) is 2.48. The summed E-state index contributed by atoms with van der Waals surface area (Å²) in [5.74, 6) is 0. The first-order chi connectivity index (χ1) is 8.24. The molecule has 1 aromatic rings. The Morgan fingerprint density at radius 2 is 2.18 bits per heavy atom. The maximum Gasteiger partial charge on any atom is 0.0748 e. The van der Waals surface area contributed by atoms with E-state index in [-0.39, 0.29) is 0 Å². The molecule has 0 saturated carbocycles. The van der Waals surface area contributed by atoms with Gasteiger partial charge in [0.15, 0.2) is 0 Å². The molecule has 0 aliphatic carbocycles. The summed E-state index contributed by atoms with van der Waals surface area (Å²) >= 11 is 3.68. The van der Waals surface area contributed by atoms with Crippen molar-refractivity contribution in [2.24, 2.45) is 5.73 Å². The number of para-hydroxylation sites is 1. The molecule has 0 amide bonds. The van der Waals surface area contributed by atoms with Gasteiger partial charge in [0.05, 0.1) is 11.4 Å². The van der Waals surface area contributed by atoms with Crippen molar-refractivity contribution in [3.05, 3.63) is 22.7 Å². The lowest BCUT2D eigenvalue weighted by molar-refractivity contribution is 0.709. The van der Waals surface area contributed by atoms with E-state index in [9.17, 15) is 0 Å². The van der Waals surface area contributed by atoms with E-state index in [2.05, 4.69) is 51.0 Å². The van der Waals surface area contributed by atoms with Gasteiger partial charge in [-0.15, -0.1) is 0 Å². The Balaban J connectivity index is 2.34. The smallest absolute Gasteiger partial charge is 0.0748 e. The number of nitrogens with two attached hydrogens (primary N) is 1. The molecule has 94 valence electrons. The van der Waals surface area contributed by atoms with E-state index in [0.29, 0.717) is 0 Å². The van der Waals surface area contributed by atoms with Gasteiger partial charge >= 0.3 is 0 Å². The van der Waals surface area contributed by atoms with Gasteiger partial charge in [0.25, 0.3) is 0 Å². The Bertz CT molecular complexity index is 381. The quantitative estimate of drug-likeness (QED) is 0.930. The van der Waals surface area contributed by atoms with E-state index in [0.717, 1.165) is 32.6 Å². The van der Waals surface area contributed by atoms with Gasteiger partial charge in [-0.05, 0) is 47.4 Å². The number of hydrogen-bond donors (Lipinski definition) is 1. The van der Waals surface area contributed by atoms with E-state index in [1.807, 2.05) is 0 Å². The molecular weight excluding hydrogens is 278 g/mol. The van der Waals surface area contributed by atoms with Crippen LogP contribution in [0.5, 0.6) is 0 Å². The number of benzene rings is 1. The van der Waals surface area contributed by atoms with Gasteiger partial charge in [0.2, 0.25) is 0 Å². The summed E-state index contributed by atoms with van der Waals surface area (Å²) < 4.78 is 1.18. The Morgan fingerprint density at radius 1 is 1.35 bits per heavy atom. The van der Waals surface area contributed by atoms with Crippen LogP contribution >= 0.6 is 15.9 Å². The Labute approximate surface area is 112 Å². The molecule has 0 bridgehead atoms. The summed E-state index contributed by atoms with van der Waals surface area (Å²) in [5, 5.41) is 0. The Hall–Kier alpha value is -0.740. The lowest BCUT2D eigenvalue weighted by Gasteiger charge is -2.27. The molecule has 1 aliphatic rings. The van der Waals surface area contributed by atoms with Gasteiger partial charge in [0.1, 0.15) is 0 Å². The van der Waals surface area contributed by atoms with Crippen LogP contribution in [0.3, 0.4) is 0 Å². The molecule has 1 aromatic carbocycles. The SMILES string of the molecule is CN1CCCN(CCCN)c2c(Br)cccc21. The van der Waals surface area contributed by atoms with Crippen molar-refractivity contribution >= 4 is 27.3 Å². The van der Waals surface area contributed by atoms with Gasteiger partial charge in [0, 0.05) is 31.2 Å². The van der Waals surface area contributed by atoms with E-state index >= 15 is 0 Å². The van der Waals surface area contributed by atoms with Crippen LogP contribution in [0.25, 0.3) is 0 Å². The molecule has 2 rings (SSSR count).